The molecule has 0 amide bonds. The first kappa shape index (κ1) is 12.7. The molecule has 1 aliphatic heterocycles. The van der Waals surface area contributed by atoms with Gasteiger partial charge >= 0.3 is 5.97 Å². The molecule has 1 aromatic rings. The average Bonchev–Trinajstić information content (AvgIpc) is 2.26. The predicted molar refractivity (Wildman–Crippen MR) is 64.6 cm³/mol. The van der Waals surface area contributed by atoms with Crippen molar-refractivity contribution in [3.63, 3.8) is 0 Å². The molecule has 0 bridgehead atoms. The van der Waals surface area contributed by atoms with Crippen LogP contribution in [-0.4, -0.2) is 29.8 Å². The molecular weight excluding hydrogens is 256 g/mol. The fourth-order valence-electron chi connectivity index (χ4n) is 1.82. The molecule has 0 aliphatic carbocycles. The smallest absolute Gasteiger partial charge is 0.307 e. The Kier molecular flexibility index (Phi) is 3.41. The third-order valence-corrected chi connectivity index (χ3v) is 2.99. The molecule has 0 unspecified atom stereocenters. The number of ether oxygens (including phenoxy) is 1. The van der Waals surface area contributed by atoms with Crippen molar-refractivity contribution in [2.24, 2.45) is 0 Å². The Bertz CT molecular complexity index is 521. The van der Waals surface area contributed by atoms with E-state index in [9.17, 15) is 4.79 Å². The van der Waals surface area contributed by atoms with E-state index >= 15 is 0 Å². The zero-order chi connectivity index (χ0) is 13.2. The first-order chi connectivity index (χ1) is 8.54. The highest BCUT2D eigenvalue weighted by Gasteiger charge is 2.42. The summed E-state index contributed by atoms with van der Waals surface area (Å²) in [5.41, 5.74) is -0.446. The van der Waals surface area contributed by atoms with Crippen molar-refractivity contribution in [3.05, 3.63) is 28.8 Å². The summed E-state index contributed by atoms with van der Waals surface area (Å²) in [5, 5.41) is 21.3. The van der Waals surface area contributed by atoms with Gasteiger partial charge in [-0.15, -0.1) is 0 Å². The lowest BCUT2D eigenvalue weighted by Gasteiger charge is -2.41. The lowest BCUT2D eigenvalue weighted by molar-refractivity contribution is -0.143. The number of rotatable bonds is 4. The Hall–Kier alpha value is -1.77. The summed E-state index contributed by atoms with van der Waals surface area (Å²) >= 11 is 5.85. The molecule has 5 nitrogen and oxygen atoms in total. The number of carboxylic acid groups (broad SMARTS) is 1. The van der Waals surface area contributed by atoms with E-state index in [1.165, 1.54) is 6.07 Å². The topological polar surface area (TPSA) is 82.3 Å². The maximum atomic E-state index is 10.8. The van der Waals surface area contributed by atoms with Crippen LogP contribution in [0.5, 0.6) is 5.75 Å². The molecule has 0 saturated carbocycles. The van der Waals surface area contributed by atoms with E-state index in [2.05, 4.69) is 5.32 Å². The van der Waals surface area contributed by atoms with Crippen molar-refractivity contribution >= 4 is 17.6 Å². The summed E-state index contributed by atoms with van der Waals surface area (Å²) in [6, 6.07) is 6.67. The van der Waals surface area contributed by atoms with Gasteiger partial charge in [0, 0.05) is 24.2 Å². The fourth-order valence-corrected chi connectivity index (χ4v) is 1.98. The van der Waals surface area contributed by atoms with Crippen molar-refractivity contribution in [2.45, 2.75) is 12.0 Å². The maximum absolute atomic E-state index is 10.8. The van der Waals surface area contributed by atoms with Crippen LogP contribution in [0.3, 0.4) is 0 Å². The highest BCUT2D eigenvalue weighted by atomic mass is 35.5. The van der Waals surface area contributed by atoms with E-state index < -0.39 is 11.6 Å². The molecule has 94 valence electrons. The van der Waals surface area contributed by atoms with E-state index in [4.69, 9.17) is 26.7 Å². The van der Waals surface area contributed by atoms with Gasteiger partial charge in [-0.3, -0.25) is 4.79 Å². The second-order valence-corrected chi connectivity index (χ2v) is 4.65. The number of nitrogens with one attached hydrogen (secondary N) is 1. The van der Waals surface area contributed by atoms with E-state index in [-0.39, 0.29) is 6.42 Å². The van der Waals surface area contributed by atoms with Crippen LogP contribution >= 0.6 is 11.6 Å². The Morgan fingerprint density at radius 1 is 1.61 bits per heavy atom. The van der Waals surface area contributed by atoms with E-state index in [1.807, 2.05) is 6.07 Å². The Labute approximate surface area is 109 Å². The number of benzene rings is 1. The molecule has 1 heterocycles. The Morgan fingerprint density at radius 2 is 2.33 bits per heavy atom. The van der Waals surface area contributed by atoms with Gasteiger partial charge in [0.15, 0.2) is 0 Å². The van der Waals surface area contributed by atoms with Gasteiger partial charge in [0.05, 0.1) is 12.0 Å². The third kappa shape index (κ3) is 2.55. The quantitative estimate of drug-likeness (QED) is 0.861. The average molecular weight is 267 g/mol. The van der Waals surface area contributed by atoms with Gasteiger partial charge in [-0.2, -0.15) is 5.26 Å². The minimum absolute atomic E-state index is 0.114. The number of carbonyl (C=O) groups is 1. The lowest BCUT2D eigenvalue weighted by Crippen LogP contribution is -2.64. The van der Waals surface area contributed by atoms with E-state index in [0.717, 1.165) is 0 Å². The normalized spacial score (nSPS) is 16.4. The van der Waals surface area contributed by atoms with Crippen LogP contribution in [0.2, 0.25) is 5.02 Å². The number of hydrogen-bond acceptors (Lipinski definition) is 4. The molecule has 6 heteroatoms. The van der Waals surface area contributed by atoms with Crippen molar-refractivity contribution in [3.8, 4) is 11.8 Å². The minimum Gasteiger partial charge on any atom is -0.483 e. The molecule has 0 spiro atoms. The van der Waals surface area contributed by atoms with E-state index in [1.54, 1.807) is 12.1 Å². The third-order valence-electron chi connectivity index (χ3n) is 2.76. The van der Waals surface area contributed by atoms with Crippen molar-refractivity contribution in [1.29, 1.82) is 5.26 Å². The molecule has 2 rings (SSSR count). The maximum Gasteiger partial charge on any atom is 0.307 e. The SMILES string of the molecule is N#Cc1ccc(Cl)cc1OC1(CC(=O)O)CNC1. The predicted octanol–water partition coefficient (Wildman–Crippen LogP) is 1.41. The van der Waals surface area contributed by atoms with Gasteiger partial charge in [-0.1, -0.05) is 11.6 Å². The summed E-state index contributed by atoms with van der Waals surface area (Å²) in [7, 11) is 0. The minimum atomic E-state index is -0.933. The molecule has 18 heavy (non-hydrogen) atoms. The summed E-state index contributed by atoms with van der Waals surface area (Å²) < 4.78 is 5.70. The van der Waals surface area contributed by atoms with Gasteiger partial charge < -0.3 is 15.2 Å². The fraction of sp³-hybridized carbons (Fsp3) is 0.333. The monoisotopic (exact) mass is 266 g/mol. The summed E-state index contributed by atoms with van der Waals surface area (Å²) in [6.45, 7) is 0.882. The largest absolute Gasteiger partial charge is 0.483 e. The molecule has 0 atom stereocenters. The van der Waals surface area contributed by atoms with E-state index in [0.29, 0.717) is 29.4 Å². The molecule has 1 fully saturated rings. The van der Waals surface area contributed by atoms with Crippen molar-refractivity contribution < 1.29 is 14.6 Å². The van der Waals surface area contributed by atoms with Crippen LogP contribution in [0.25, 0.3) is 0 Å². The number of halogens is 1. The second kappa shape index (κ2) is 4.84. The lowest BCUT2D eigenvalue weighted by atomic mass is 9.92. The molecule has 2 N–H and O–H groups in total. The molecule has 0 aromatic heterocycles. The van der Waals surface area contributed by atoms with Crippen LogP contribution in [0.4, 0.5) is 0 Å². The summed E-state index contributed by atoms with van der Waals surface area (Å²) in [4.78, 5) is 10.8. The first-order valence-corrected chi connectivity index (χ1v) is 5.74. The van der Waals surface area contributed by atoms with Crippen LogP contribution in [-0.2, 0) is 4.79 Å². The zero-order valence-electron chi connectivity index (χ0n) is 9.44. The molecular formula is C12H11ClN2O3. The molecule has 1 aliphatic rings. The number of carboxylic acids is 1. The van der Waals surface area contributed by atoms with Gasteiger partial charge in [0.25, 0.3) is 0 Å². The molecule has 1 aromatic carbocycles. The van der Waals surface area contributed by atoms with Crippen LogP contribution in [0.1, 0.15) is 12.0 Å². The Morgan fingerprint density at radius 3 is 2.83 bits per heavy atom. The van der Waals surface area contributed by atoms with Crippen LogP contribution in [0.15, 0.2) is 18.2 Å². The van der Waals surface area contributed by atoms with Gasteiger partial charge in [0.2, 0.25) is 0 Å². The number of nitrogens with zero attached hydrogens (tertiary/aromatic N) is 1. The summed E-state index contributed by atoms with van der Waals surface area (Å²) in [6.07, 6.45) is -0.114. The summed E-state index contributed by atoms with van der Waals surface area (Å²) in [5.74, 6) is -0.607. The van der Waals surface area contributed by atoms with Gasteiger partial charge in [-0.05, 0) is 12.1 Å². The van der Waals surface area contributed by atoms with Gasteiger partial charge in [0.1, 0.15) is 17.4 Å². The van der Waals surface area contributed by atoms with Crippen molar-refractivity contribution in [2.75, 3.05) is 13.1 Å². The standard InChI is InChI=1S/C12H11ClN2O3/c13-9-2-1-8(5-14)10(3-9)18-12(4-11(16)17)6-15-7-12/h1-3,15H,4,6-7H2,(H,16,17). The highest BCUT2D eigenvalue weighted by Crippen LogP contribution is 2.30. The Balaban J connectivity index is 2.25. The first-order valence-electron chi connectivity index (χ1n) is 5.36. The van der Waals surface area contributed by atoms with Crippen LogP contribution in [0, 0.1) is 11.3 Å². The highest BCUT2D eigenvalue weighted by molar-refractivity contribution is 6.30. The number of aliphatic carboxylic acids is 1. The molecule has 1 saturated heterocycles. The second-order valence-electron chi connectivity index (χ2n) is 4.21. The van der Waals surface area contributed by atoms with Crippen LogP contribution < -0.4 is 10.1 Å². The number of hydrogen-bond donors (Lipinski definition) is 2. The van der Waals surface area contributed by atoms with Gasteiger partial charge in [-0.25, -0.2) is 0 Å². The number of nitriles is 1. The zero-order valence-corrected chi connectivity index (χ0v) is 10.2. The molecule has 0 radical (unpaired) electrons. The van der Waals surface area contributed by atoms with Crippen molar-refractivity contribution in [1.82, 2.24) is 5.32 Å².